The van der Waals surface area contributed by atoms with Gasteiger partial charge in [-0.2, -0.15) is 5.10 Å². The minimum atomic E-state index is -0.104. The molecule has 0 unspecified atom stereocenters. The van der Waals surface area contributed by atoms with E-state index in [0.717, 1.165) is 22.2 Å². The molecule has 0 aliphatic heterocycles. The molecule has 0 saturated heterocycles. The molecule has 130 valence electrons. The van der Waals surface area contributed by atoms with Crippen molar-refractivity contribution in [3.63, 3.8) is 0 Å². The highest BCUT2D eigenvalue weighted by atomic mass is 35.5. The lowest BCUT2D eigenvalue weighted by Crippen LogP contribution is -2.27. The molecule has 0 radical (unpaired) electrons. The number of aromatic nitrogens is 2. The van der Waals surface area contributed by atoms with Gasteiger partial charge in [0.25, 0.3) is 0 Å². The molecule has 2 aromatic carbocycles. The summed E-state index contributed by atoms with van der Waals surface area (Å²) in [6, 6.07) is 13.3. The normalized spacial score (nSPS) is 11.0. The van der Waals surface area contributed by atoms with Gasteiger partial charge in [-0.15, -0.1) is 0 Å². The number of halogens is 1. The Hall–Kier alpha value is -2.53. The number of rotatable bonds is 6. The SMILES string of the molecule is CC(C)Oc1ccc(CNC(=O)Cn2ncc3c(Cl)cccc32)cc1. The number of ether oxygens (including phenoxy) is 1. The highest BCUT2D eigenvalue weighted by Gasteiger charge is 2.09. The van der Waals surface area contributed by atoms with Crippen LogP contribution >= 0.6 is 11.6 Å². The first kappa shape index (κ1) is 17.3. The van der Waals surface area contributed by atoms with Crippen LogP contribution in [0.4, 0.5) is 0 Å². The van der Waals surface area contributed by atoms with Crippen LogP contribution in [0.2, 0.25) is 5.02 Å². The standard InChI is InChI=1S/C19H20ClN3O2/c1-13(2)25-15-8-6-14(7-9-15)10-21-19(24)12-23-18-5-3-4-17(20)16(18)11-22-23/h3-9,11,13H,10,12H2,1-2H3,(H,21,24). The van der Waals surface area contributed by atoms with Gasteiger partial charge in [0.1, 0.15) is 12.3 Å². The Kier molecular flexibility index (Phi) is 5.24. The molecule has 0 aliphatic rings. The van der Waals surface area contributed by atoms with E-state index in [2.05, 4.69) is 10.4 Å². The van der Waals surface area contributed by atoms with E-state index in [9.17, 15) is 4.79 Å². The quantitative estimate of drug-likeness (QED) is 0.730. The number of carbonyl (C=O) groups excluding carboxylic acids is 1. The van der Waals surface area contributed by atoms with Crippen molar-refractivity contribution >= 4 is 28.4 Å². The van der Waals surface area contributed by atoms with E-state index >= 15 is 0 Å². The predicted molar refractivity (Wildman–Crippen MR) is 98.8 cm³/mol. The Morgan fingerprint density at radius 2 is 2.00 bits per heavy atom. The molecule has 5 nitrogen and oxygen atoms in total. The summed E-state index contributed by atoms with van der Waals surface area (Å²) in [5.41, 5.74) is 1.86. The zero-order chi connectivity index (χ0) is 17.8. The number of benzene rings is 2. The number of amides is 1. The van der Waals surface area contributed by atoms with Crippen molar-refractivity contribution < 1.29 is 9.53 Å². The van der Waals surface area contributed by atoms with Gasteiger partial charge in [-0.05, 0) is 43.7 Å². The topological polar surface area (TPSA) is 56.1 Å². The van der Waals surface area contributed by atoms with Crippen LogP contribution in [-0.4, -0.2) is 21.8 Å². The van der Waals surface area contributed by atoms with Crippen LogP contribution in [0.25, 0.3) is 10.9 Å². The molecule has 1 heterocycles. The number of carbonyl (C=O) groups is 1. The second kappa shape index (κ2) is 7.57. The highest BCUT2D eigenvalue weighted by molar-refractivity contribution is 6.35. The Morgan fingerprint density at radius 1 is 1.24 bits per heavy atom. The summed E-state index contributed by atoms with van der Waals surface area (Å²) in [6.45, 7) is 4.58. The van der Waals surface area contributed by atoms with Crippen molar-refractivity contribution in [1.29, 1.82) is 0 Å². The average molecular weight is 358 g/mol. The molecule has 0 bridgehead atoms. The average Bonchev–Trinajstić information content (AvgIpc) is 2.98. The molecule has 6 heteroatoms. The predicted octanol–water partition coefficient (Wildman–Crippen LogP) is 3.79. The molecule has 0 aliphatic carbocycles. The summed E-state index contributed by atoms with van der Waals surface area (Å²) in [4.78, 5) is 12.2. The van der Waals surface area contributed by atoms with Crippen molar-refractivity contribution in [2.24, 2.45) is 0 Å². The third kappa shape index (κ3) is 4.31. The first-order valence-corrected chi connectivity index (χ1v) is 8.53. The Balaban J connectivity index is 1.58. The molecule has 3 aromatic rings. The Labute approximate surface area is 151 Å². The molecule has 1 amide bonds. The van der Waals surface area contributed by atoms with E-state index < -0.39 is 0 Å². The van der Waals surface area contributed by atoms with Gasteiger partial charge in [0.15, 0.2) is 0 Å². The second-order valence-corrected chi connectivity index (χ2v) is 6.47. The fourth-order valence-electron chi connectivity index (χ4n) is 2.54. The minimum Gasteiger partial charge on any atom is -0.491 e. The molecule has 1 N–H and O–H groups in total. The molecular weight excluding hydrogens is 338 g/mol. The molecule has 0 spiro atoms. The van der Waals surface area contributed by atoms with Gasteiger partial charge in [0, 0.05) is 11.9 Å². The Bertz CT molecular complexity index is 872. The first-order valence-electron chi connectivity index (χ1n) is 8.15. The van der Waals surface area contributed by atoms with E-state index in [1.807, 2.05) is 56.3 Å². The highest BCUT2D eigenvalue weighted by Crippen LogP contribution is 2.22. The monoisotopic (exact) mass is 357 g/mol. The van der Waals surface area contributed by atoms with Crippen LogP contribution in [0, 0.1) is 0 Å². The van der Waals surface area contributed by atoms with E-state index in [4.69, 9.17) is 16.3 Å². The van der Waals surface area contributed by atoms with E-state index in [1.54, 1.807) is 10.9 Å². The maximum Gasteiger partial charge on any atom is 0.242 e. The third-order valence-electron chi connectivity index (χ3n) is 3.71. The van der Waals surface area contributed by atoms with Crippen molar-refractivity contribution in [3.05, 3.63) is 59.2 Å². The number of fused-ring (bicyclic) bond motifs is 1. The second-order valence-electron chi connectivity index (χ2n) is 6.06. The zero-order valence-electron chi connectivity index (χ0n) is 14.2. The van der Waals surface area contributed by atoms with Crippen LogP contribution in [0.1, 0.15) is 19.4 Å². The minimum absolute atomic E-state index is 0.104. The first-order chi connectivity index (χ1) is 12.0. The summed E-state index contributed by atoms with van der Waals surface area (Å²) in [6.07, 6.45) is 1.82. The zero-order valence-corrected chi connectivity index (χ0v) is 15.0. The molecular formula is C19H20ClN3O2. The van der Waals surface area contributed by atoms with Crippen molar-refractivity contribution in [2.45, 2.75) is 33.0 Å². The van der Waals surface area contributed by atoms with Crippen LogP contribution in [0.5, 0.6) is 5.75 Å². The lowest BCUT2D eigenvalue weighted by Gasteiger charge is -2.10. The van der Waals surface area contributed by atoms with Gasteiger partial charge >= 0.3 is 0 Å². The molecule has 3 rings (SSSR count). The number of nitrogens with zero attached hydrogens (tertiary/aromatic N) is 2. The number of hydrogen-bond donors (Lipinski definition) is 1. The summed E-state index contributed by atoms with van der Waals surface area (Å²) >= 11 is 6.13. The largest absolute Gasteiger partial charge is 0.491 e. The maximum atomic E-state index is 12.2. The van der Waals surface area contributed by atoms with E-state index in [1.165, 1.54) is 0 Å². The van der Waals surface area contributed by atoms with Gasteiger partial charge in [0.2, 0.25) is 5.91 Å². The molecule has 0 saturated carbocycles. The van der Waals surface area contributed by atoms with Gasteiger partial charge in [-0.1, -0.05) is 29.8 Å². The van der Waals surface area contributed by atoms with E-state index in [-0.39, 0.29) is 18.6 Å². The lowest BCUT2D eigenvalue weighted by molar-refractivity contribution is -0.121. The van der Waals surface area contributed by atoms with Crippen molar-refractivity contribution in [3.8, 4) is 5.75 Å². The van der Waals surface area contributed by atoms with Gasteiger partial charge in [0.05, 0.1) is 22.8 Å². The van der Waals surface area contributed by atoms with Gasteiger partial charge < -0.3 is 10.1 Å². The summed E-state index contributed by atoms with van der Waals surface area (Å²) in [7, 11) is 0. The van der Waals surface area contributed by atoms with Crippen molar-refractivity contribution in [2.75, 3.05) is 0 Å². The van der Waals surface area contributed by atoms with Gasteiger partial charge in [-0.25, -0.2) is 0 Å². The van der Waals surface area contributed by atoms with Crippen LogP contribution in [0.15, 0.2) is 48.7 Å². The Morgan fingerprint density at radius 3 is 2.72 bits per heavy atom. The molecule has 1 aromatic heterocycles. The summed E-state index contributed by atoms with van der Waals surface area (Å²) < 4.78 is 7.25. The molecule has 25 heavy (non-hydrogen) atoms. The maximum absolute atomic E-state index is 12.2. The number of nitrogens with one attached hydrogen (secondary N) is 1. The number of hydrogen-bond acceptors (Lipinski definition) is 3. The van der Waals surface area contributed by atoms with Crippen LogP contribution in [-0.2, 0) is 17.9 Å². The summed E-state index contributed by atoms with van der Waals surface area (Å²) in [5, 5.41) is 8.63. The van der Waals surface area contributed by atoms with Crippen LogP contribution in [0.3, 0.4) is 0 Å². The lowest BCUT2D eigenvalue weighted by atomic mass is 10.2. The van der Waals surface area contributed by atoms with Gasteiger partial charge in [-0.3, -0.25) is 9.48 Å². The molecule has 0 atom stereocenters. The fraction of sp³-hybridized carbons (Fsp3) is 0.263. The summed E-state index contributed by atoms with van der Waals surface area (Å²) in [5.74, 6) is 0.720. The van der Waals surface area contributed by atoms with Crippen molar-refractivity contribution in [1.82, 2.24) is 15.1 Å². The van der Waals surface area contributed by atoms with E-state index in [0.29, 0.717) is 11.6 Å². The molecule has 0 fully saturated rings. The smallest absolute Gasteiger partial charge is 0.242 e. The van der Waals surface area contributed by atoms with Crippen LogP contribution < -0.4 is 10.1 Å². The fourth-order valence-corrected chi connectivity index (χ4v) is 2.76. The third-order valence-corrected chi connectivity index (χ3v) is 4.04.